The number of halogens is 1. The molecule has 0 aromatic heterocycles. The van der Waals surface area contributed by atoms with Gasteiger partial charge in [-0.3, -0.25) is 0 Å². The molecule has 0 heterocycles. The Morgan fingerprint density at radius 3 is 2.27 bits per heavy atom. The van der Waals surface area contributed by atoms with Crippen LogP contribution in [0.25, 0.3) is 0 Å². The number of ether oxygens (including phenoxy) is 1. The number of hydrogen-bond acceptors (Lipinski definition) is 1. The van der Waals surface area contributed by atoms with Crippen molar-refractivity contribution in [2.24, 2.45) is 0 Å². The Morgan fingerprint density at radius 2 is 1.53 bits per heavy atom. The van der Waals surface area contributed by atoms with E-state index in [9.17, 15) is 0 Å². The summed E-state index contributed by atoms with van der Waals surface area (Å²) >= 11 is 2.32. The van der Waals surface area contributed by atoms with Crippen LogP contribution in [0, 0.1) is 3.57 Å². The van der Waals surface area contributed by atoms with Crippen molar-refractivity contribution in [3.8, 4) is 5.75 Å². The SMILES string of the molecule is Ic1ccccc1COc1ccccc1. The van der Waals surface area contributed by atoms with Crippen LogP contribution in [0.4, 0.5) is 0 Å². The van der Waals surface area contributed by atoms with Crippen molar-refractivity contribution in [3.05, 3.63) is 63.7 Å². The Hall–Kier alpha value is -1.03. The molecule has 0 aliphatic heterocycles. The Kier molecular flexibility index (Phi) is 3.61. The monoisotopic (exact) mass is 310 g/mol. The molecule has 0 N–H and O–H groups in total. The highest BCUT2D eigenvalue weighted by Gasteiger charge is 1.98. The average Bonchev–Trinajstić information content (AvgIpc) is 2.29. The van der Waals surface area contributed by atoms with Gasteiger partial charge in [-0.05, 0) is 40.8 Å². The molecule has 0 saturated heterocycles. The predicted molar refractivity (Wildman–Crippen MR) is 69.9 cm³/mol. The molecule has 0 unspecified atom stereocenters. The molecular weight excluding hydrogens is 299 g/mol. The van der Waals surface area contributed by atoms with E-state index in [0.29, 0.717) is 6.61 Å². The summed E-state index contributed by atoms with van der Waals surface area (Å²) in [6.45, 7) is 0.628. The van der Waals surface area contributed by atoms with Crippen LogP contribution in [0.3, 0.4) is 0 Å². The molecule has 0 bridgehead atoms. The minimum Gasteiger partial charge on any atom is -0.489 e. The third-order valence-electron chi connectivity index (χ3n) is 2.10. The van der Waals surface area contributed by atoms with Gasteiger partial charge in [0, 0.05) is 9.13 Å². The van der Waals surface area contributed by atoms with Gasteiger partial charge >= 0.3 is 0 Å². The second-order valence-corrected chi connectivity index (χ2v) is 4.36. The molecule has 0 aliphatic carbocycles. The summed E-state index contributed by atoms with van der Waals surface area (Å²) in [6.07, 6.45) is 0. The number of benzene rings is 2. The van der Waals surface area contributed by atoms with Crippen molar-refractivity contribution in [2.45, 2.75) is 6.61 Å². The van der Waals surface area contributed by atoms with Gasteiger partial charge < -0.3 is 4.74 Å². The first-order valence-electron chi connectivity index (χ1n) is 4.77. The zero-order valence-corrected chi connectivity index (χ0v) is 10.3. The molecule has 76 valence electrons. The van der Waals surface area contributed by atoms with E-state index in [2.05, 4.69) is 34.7 Å². The number of rotatable bonds is 3. The van der Waals surface area contributed by atoms with Crippen LogP contribution in [0.15, 0.2) is 54.6 Å². The van der Waals surface area contributed by atoms with Crippen LogP contribution in [-0.2, 0) is 6.61 Å². The van der Waals surface area contributed by atoms with E-state index in [1.54, 1.807) is 0 Å². The Balaban J connectivity index is 2.03. The summed E-state index contributed by atoms with van der Waals surface area (Å²) in [6, 6.07) is 18.1. The first-order chi connectivity index (χ1) is 7.36. The summed E-state index contributed by atoms with van der Waals surface area (Å²) < 4.78 is 6.91. The molecule has 1 nitrogen and oxygen atoms in total. The Morgan fingerprint density at radius 1 is 0.867 bits per heavy atom. The van der Waals surface area contributed by atoms with Gasteiger partial charge in [-0.2, -0.15) is 0 Å². The molecule has 2 heteroatoms. The van der Waals surface area contributed by atoms with Crippen molar-refractivity contribution >= 4 is 22.6 Å². The van der Waals surface area contributed by atoms with Gasteiger partial charge in [0.2, 0.25) is 0 Å². The second-order valence-electron chi connectivity index (χ2n) is 3.19. The highest BCUT2D eigenvalue weighted by atomic mass is 127. The minimum atomic E-state index is 0.628. The Labute approximate surface area is 103 Å². The Bertz CT molecular complexity index is 426. The van der Waals surface area contributed by atoms with Gasteiger partial charge in [0.15, 0.2) is 0 Å². The normalized spacial score (nSPS) is 9.93. The van der Waals surface area contributed by atoms with Gasteiger partial charge in [0.05, 0.1) is 0 Å². The summed E-state index contributed by atoms with van der Waals surface area (Å²) in [7, 11) is 0. The molecule has 0 atom stereocenters. The topological polar surface area (TPSA) is 9.23 Å². The molecule has 0 spiro atoms. The van der Waals surface area contributed by atoms with Crippen LogP contribution >= 0.6 is 22.6 Å². The fraction of sp³-hybridized carbons (Fsp3) is 0.0769. The molecule has 0 radical (unpaired) electrons. The largest absolute Gasteiger partial charge is 0.489 e. The maximum atomic E-state index is 5.67. The third-order valence-corrected chi connectivity index (χ3v) is 3.15. The van der Waals surface area contributed by atoms with Crippen molar-refractivity contribution in [3.63, 3.8) is 0 Å². The molecule has 0 amide bonds. The fourth-order valence-corrected chi connectivity index (χ4v) is 1.84. The zero-order chi connectivity index (χ0) is 10.5. The predicted octanol–water partition coefficient (Wildman–Crippen LogP) is 3.87. The van der Waals surface area contributed by atoms with Crippen LogP contribution in [0.2, 0.25) is 0 Å². The summed E-state index contributed by atoms with van der Waals surface area (Å²) in [4.78, 5) is 0. The standard InChI is InChI=1S/C13H11IO/c14-13-9-5-4-6-11(13)10-15-12-7-2-1-3-8-12/h1-9H,10H2. The maximum absolute atomic E-state index is 5.67. The molecule has 2 aromatic rings. The lowest BCUT2D eigenvalue weighted by atomic mass is 10.2. The van der Waals surface area contributed by atoms with Crippen molar-refractivity contribution in [1.29, 1.82) is 0 Å². The van der Waals surface area contributed by atoms with Crippen LogP contribution < -0.4 is 4.74 Å². The van der Waals surface area contributed by atoms with Crippen LogP contribution in [0.1, 0.15) is 5.56 Å². The average molecular weight is 310 g/mol. The van der Waals surface area contributed by atoms with Gasteiger partial charge in [-0.1, -0.05) is 36.4 Å². The first-order valence-corrected chi connectivity index (χ1v) is 5.85. The lowest BCUT2D eigenvalue weighted by Gasteiger charge is -2.07. The second kappa shape index (κ2) is 5.16. The molecule has 0 aliphatic rings. The summed E-state index contributed by atoms with van der Waals surface area (Å²) in [5.41, 5.74) is 1.22. The quantitative estimate of drug-likeness (QED) is 0.782. The van der Waals surface area contributed by atoms with Crippen molar-refractivity contribution in [2.75, 3.05) is 0 Å². The van der Waals surface area contributed by atoms with E-state index in [4.69, 9.17) is 4.74 Å². The lowest BCUT2D eigenvalue weighted by Crippen LogP contribution is -1.97. The molecule has 15 heavy (non-hydrogen) atoms. The van der Waals surface area contributed by atoms with Gasteiger partial charge in [-0.15, -0.1) is 0 Å². The highest BCUT2D eigenvalue weighted by molar-refractivity contribution is 14.1. The number of hydrogen-bond donors (Lipinski definition) is 0. The minimum absolute atomic E-state index is 0.628. The van der Waals surface area contributed by atoms with Gasteiger partial charge in [-0.25, -0.2) is 0 Å². The van der Waals surface area contributed by atoms with Crippen molar-refractivity contribution < 1.29 is 4.74 Å². The summed E-state index contributed by atoms with van der Waals surface area (Å²) in [5.74, 6) is 0.914. The lowest BCUT2D eigenvalue weighted by molar-refractivity contribution is 0.305. The first kappa shape index (κ1) is 10.5. The third kappa shape index (κ3) is 2.96. The van der Waals surface area contributed by atoms with E-state index >= 15 is 0 Å². The maximum Gasteiger partial charge on any atom is 0.119 e. The smallest absolute Gasteiger partial charge is 0.119 e. The number of para-hydroxylation sites is 1. The molecule has 0 saturated carbocycles. The molecule has 2 aromatic carbocycles. The van der Waals surface area contributed by atoms with Gasteiger partial charge in [0.25, 0.3) is 0 Å². The zero-order valence-electron chi connectivity index (χ0n) is 8.19. The molecular formula is C13H11IO. The van der Waals surface area contributed by atoms with E-state index in [1.165, 1.54) is 9.13 Å². The van der Waals surface area contributed by atoms with Crippen molar-refractivity contribution in [1.82, 2.24) is 0 Å². The highest BCUT2D eigenvalue weighted by Crippen LogP contribution is 2.15. The molecule has 2 rings (SSSR count). The fourth-order valence-electron chi connectivity index (χ4n) is 1.29. The summed E-state index contributed by atoms with van der Waals surface area (Å²) in [5, 5.41) is 0. The van der Waals surface area contributed by atoms with Gasteiger partial charge in [0.1, 0.15) is 12.4 Å². The van der Waals surface area contributed by atoms with E-state index < -0.39 is 0 Å². The van der Waals surface area contributed by atoms with E-state index in [1.807, 2.05) is 42.5 Å². The van der Waals surface area contributed by atoms with Crippen LogP contribution in [-0.4, -0.2) is 0 Å². The van der Waals surface area contributed by atoms with Crippen LogP contribution in [0.5, 0.6) is 5.75 Å². The van der Waals surface area contributed by atoms with E-state index in [0.717, 1.165) is 5.75 Å². The molecule has 0 fully saturated rings. The van der Waals surface area contributed by atoms with E-state index in [-0.39, 0.29) is 0 Å².